The summed E-state index contributed by atoms with van der Waals surface area (Å²) in [5.74, 6) is 0.259. The van der Waals surface area contributed by atoms with Crippen LogP contribution in [0.4, 0.5) is 0 Å². The molecule has 3 heterocycles. The number of likely N-dealkylation sites (tertiary alicyclic amines) is 2. The van der Waals surface area contributed by atoms with Crippen LogP contribution in [-0.4, -0.2) is 57.0 Å². The molecule has 1 saturated carbocycles. The van der Waals surface area contributed by atoms with Gasteiger partial charge in [-0.25, -0.2) is 4.98 Å². The first-order chi connectivity index (χ1) is 10.6. The summed E-state index contributed by atoms with van der Waals surface area (Å²) in [5, 5.41) is 0. The highest BCUT2D eigenvalue weighted by atomic mass is 16.2. The monoisotopic (exact) mass is 302 g/mol. The maximum atomic E-state index is 12.9. The summed E-state index contributed by atoms with van der Waals surface area (Å²) in [6, 6.07) is 1.60. The maximum absolute atomic E-state index is 12.9. The first-order valence-electron chi connectivity index (χ1n) is 8.57. The number of likely N-dealkylation sites (N-methyl/N-ethyl adjacent to an activating group) is 1. The van der Waals surface area contributed by atoms with Gasteiger partial charge in [0, 0.05) is 42.5 Å². The van der Waals surface area contributed by atoms with Gasteiger partial charge in [-0.15, -0.1) is 0 Å². The summed E-state index contributed by atoms with van der Waals surface area (Å²) in [4.78, 5) is 21.7. The normalized spacial score (nSPS) is 38.1. The number of fused-ring (bicyclic) bond motifs is 1. The molecule has 2 aliphatic heterocycles. The second kappa shape index (κ2) is 5.08. The standard InChI is InChI=1S/C17H26N4O/c1-17-9-13-10-21(16(22)11-20-8-7-18-12-20)15(17)6-4-3-5-14(17)19(13)2/h7-8,12-15H,3-6,9-11H2,1-2H3/t13-,14-,15+,17-/m0/s1. The molecule has 3 fully saturated rings. The predicted octanol–water partition coefficient (Wildman–Crippen LogP) is 1.75. The molecule has 2 saturated heterocycles. The Bertz CT molecular complexity index is 557. The molecule has 0 unspecified atom stereocenters. The van der Waals surface area contributed by atoms with Crippen LogP contribution in [0.25, 0.3) is 0 Å². The Morgan fingerprint density at radius 3 is 2.82 bits per heavy atom. The smallest absolute Gasteiger partial charge is 0.242 e. The lowest BCUT2D eigenvalue weighted by Crippen LogP contribution is -2.56. The topological polar surface area (TPSA) is 41.4 Å². The number of nitrogens with zero attached hydrogens (tertiary/aromatic N) is 4. The summed E-state index contributed by atoms with van der Waals surface area (Å²) in [6.07, 6.45) is 11.6. The summed E-state index contributed by atoms with van der Waals surface area (Å²) in [5.41, 5.74) is 0.277. The van der Waals surface area contributed by atoms with E-state index in [0.29, 0.717) is 24.7 Å². The fraction of sp³-hybridized carbons (Fsp3) is 0.765. The van der Waals surface area contributed by atoms with Crippen molar-refractivity contribution in [2.45, 2.75) is 63.7 Å². The first kappa shape index (κ1) is 14.2. The predicted molar refractivity (Wildman–Crippen MR) is 84.3 cm³/mol. The van der Waals surface area contributed by atoms with Gasteiger partial charge >= 0.3 is 0 Å². The molecule has 0 N–H and O–H groups in total. The first-order valence-corrected chi connectivity index (χ1v) is 8.57. The van der Waals surface area contributed by atoms with Crippen molar-refractivity contribution in [2.75, 3.05) is 13.6 Å². The van der Waals surface area contributed by atoms with Crippen LogP contribution in [0.5, 0.6) is 0 Å². The molecule has 4 atom stereocenters. The van der Waals surface area contributed by atoms with Crippen molar-refractivity contribution in [3.63, 3.8) is 0 Å². The minimum atomic E-state index is 0.259. The Kier molecular flexibility index (Phi) is 3.29. The number of rotatable bonds is 2. The molecule has 1 aromatic rings. The van der Waals surface area contributed by atoms with Crippen LogP contribution in [0, 0.1) is 5.41 Å². The van der Waals surface area contributed by atoms with Gasteiger partial charge in [-0.05, 0) is 26.3 Å². The number of amides is 1. The van der Waals surface area contributed by atoms with Gasteiger partial charge in [0.1, 0.15) is 6.54 Å². The zero-order valence-electron chi connectivity index (χ0n) is 13.6. The summed E-state index contributed by atoms with van der Waals surface area (Å²) >= 11 is 0. The van der Waals surface area contributed by atoms with Crippen LogP contribution in [0.1, 0.15) is 39.0 Å². The molecular formula is C17H26N4O. The highest BCUT2D eigenvalue weighted by Gasteiger charge is 2.58. The fourth-order valence-corrected chi connectivity index (χ4v) is 5.37. The van der Waals surface area contributed by atoms with Gasteiger partial charge in [0.25, 0.3) is 0 Å². The highest BCUT2D eigenvalue weighted by Crippen LogP contribution is 2.52. The minimum Gasteiger partial charge on any atom is -0.336 e. The molecule has 4 rings (SSSR count). The molecule has 5 nitrogen and oxygen atoms in total. The largest absolute Gasteiger partial charge is 0.336 e. The number of carbonyl (C=O) groups excluding carboxylic acids is 1. The molecule has 3 aliphatic rings. The van der Waals surface area contributed by atoms with E-state index in [9.17, 15) is 4.79 Å². The third-order valence-corrected chi connectivity index (χ3v) is 6.45. The van der Waals surface area contributed by atoms with E-state index in [-0.39, 0.29) is 11.3 Å². The van der Waals surface area contributed by atoms with Gasteiger partial charge < -0.3 is 9.47 Å². The Morgan fingerprint density at radius 1 is 1.32 bits per heavy atom. The Hall–Kier alpha value is -1.36. The third-order valence-electron chi connectivity index (χ3n) is 6.45. The molecule has 1 aliphatic carbocycles. The Balaban J connectivity index is 1.62. The van der Waals surface area contributed by atoms with E-state index < -0.39 is 0 Å². The molecule has 2 bridgehead atoms. The van der Waals surface area contributed by atoms with Gasteiger partial charge in [0.2, 0.25) is 5.91 Å². The quantitative estimate of drug-likeness (QED) is 0.836. The van der Waals surface area contributed by atoms with E-state index >= 15 is 0 Å². The van der Waals surface area contributed by atoms with E-state index in [1.165, 1.54) is 32.1 Å². The molecule has 0 aromatic carbocycles. The Morgan fingerprint density at radius 2 is 2.09 bits per heavy atom. The zero-order chi connectivity index (χ0) is 15.3. The van der Waals surface area contributed by atoms with Crippen molar-refractivity contribution in [3.05, 3.63) is 18.7 Å². The van der Waals surface area contributed by atoms with E-state index in [0.717, 1.165) is 6.54 Å². The number of carbonyl (C=O) groups is 1. The lowest BCUT2D eigenvalue weighted by Gasteiger charge is -2.46. The minimum absolute atomic E-state index is 0.259. The number of hydrogen-bond acceptors (Lipinski definition) is 3. The van der Waals surface area contributed by atoms with E-state index in [1.807, 2.05) is 10.8 Å². The van der Waals surface area contributed by atoms with E-state index in [4.69, 9.17) is 0 Å². The van der Waals surface area contributed by atoms with Crippen LogP contribution in [0.15, 0.2) is 18.7 Å². The molecule has 5 heteroatoms. The summed E-state index contributed by atoms with van der Waals surface area (Å²) in [7, 11) is 2.27. The van der Waals surface area contributed by atoms with Gasteiger partial charge in [-0.1, -0.05) is 19.8 Å². The Labute approximate surface area is 132 Å². The average molecular weight is 302 g/mol. The lowest BCUT2D eigenvalue weighted by atomic mass is 9.71. The number of imidazole rings is 1. The van der Waals surface area contributed by atoms with Crippen molar-refractivity contribution < 1.29 is 4.79 Å². The molecule has 1 aromatic heterocycles. The average Bonchev–Trinajstić information content (AvgIpc) is 3.00. The van der Waals surface area contributed by atoms with Crippen molar-refractivity contribution in [2.24, 2.45) is 5.41 Å². The fourth-order valence-electron chi connectivity index (χ4n) is 5.37. The SMILES string of the molecule is CN1[C@@H]2CN(C(=O)Cn3ccnc3)[C@@H]3CCCC[C@H]1[C@]3(C)C2. The van der Waals surface area contributed by atoms with Crippen molar-refractivity contribution in [3.8, 4) is 0 Å². The van der Waals surface area contributed by atoms with Crippen molar-refractivity contribution in [1.29, 1.82) is 0 Å². The molecule has 0 radical (unpaired) electrons. The second-order valence-electron chi connectivity index (χ2n) is 7.63. The van der Waals surface area contributed by atoms with Crippen LogP contribution in [-0.2, 0) is 11.3 Å². The highest BCUT2D eigenvalue weighted by molar-refractivity contribution is 5.76. The molecular weight excluding hydrogens is 276 g/mol. The number of hydrogen-bond donors (Lipinski definition) is 0. The maximum Gasteiger partial charge on any atom is 0.242 e. The molecule has 22 heavy (non-hydrogen) atoms. The van der Waals surface area contributed by atoms with Crippen LogP contribution in [0.3, 0.4) is 0 Å². The molecule has 0 spiro atoms. The second-order valence-corrected chi connectivity index (χ2v) is 7.63. The summed E-state index contributed by atoms with van der Waals surface area (Å²) in [6.45, 7) is 3.76. The van der Waals surface area contributed by atoms with Crippen LogP contribution in [0.2, 0.25) is 0 Å². The van der Waals surface area contributed by atoms with E-state index in [1.54, 1.807) is 12.5 Å². The third kappa shape index (κ3) is 2.02. The van der Waals surface area contributed by atoms with Crippen molar-refractivity contribution >= 4 is 5.91 Å². The van der Waals surface area contributed by atoms with Crippen LogP contribution < -0.4 is 0 Å². The van der Waals surface area contributed by atoms with Crippen LogP contribution >= 0.6 is 0 Å². The van der Waals surface area contributed by atoms with Gasteiger partial charge in [-0.3, -0.25) is 9.69 Å². The molecule has 120 valence electrons. The van der Waals surface area contributed by atoms with E-state index in [2.05, 4.69) is 28.8 Å². The van der Waals surface area contributed by atoms with Gasteiger partial charge in [0.15, 0.2) is 0 Å². The summed E-state index contributed by atoms with van der Waals surface area (Å²) < 4.78 is 1.89. The zero-order valence-corrected chi connectivity index (χ0v) is 13.6. The number of aromatic nitrogens is 2. The lowest BCUT2D eigenvalue weighted by molar-refractivity contribution is -0.139. The van der Waals surface area contributed by atoms with Gasteiger partial charge in [0.05, 0.1) is 6.33 Å². The molecule has 1 amide bonds. The van der Waals surface area contributed by atoms with Crippen molar-refractivity contribution in [1.82, 2.24) is 19.4 Å². The number of piperidine rings is 1. The van der Waals surface area contributed by atoms with Gasteiger partial charge in [-0.2, -0.15) is 0 Å².